The molecule has 1 saturated heterocycles. The Labute approximate surface area is 263 Å². The number of benzene rings is 2. The lowest BCUT2D eigenvalue weighted by Crippen LogP contribution is -2.47. The van der Waals surface area contributed by atoms with Crippen molar-refractivity contribution in [3.8, 4) is 11.8 Å². The number of nitriles is 1. The van der Waals surface area contributed by atoms with E-state index in [0.29, 0.717) is 23.5 Å². The first kappa shape index (κ1) is 33.0. The van der Waals surface area contributed by atoms with Crippen molar-refractivity contribution in [3.63, 3.8) is 0 Å². The zero-order chi connectivity index (χ0) is 32.3. The van der Waals surface area contributed by atoms with Crippen LogP contribution in [0.4, 0.5) is 16.2 Å². The first-order valence-corrected chi connectivity index (χ1v) is 15.0. The number of aliphatic imine (C=N–C) groups is 1. The molecule has 1 fully saturated rings. The van der Waals surface area contributed by atoms with Crippen LogP contribution >= 0.6 is 0 Å². The maximum absolute atomic E-state index is 13.0. The highest BCUT2D eigenvalue weighted by Gasteiger charge is 2.43. The van der Waals surface area contributed by atoms with Crippen LogP contribution in [0.1, 0.15) is 31.7 Å². The summed E-state index contributed by atoms with van der Waals surface area (Å²) in [5.41, 5.74) is 2.30. The Morgan fingerprint density at radius 1 is 1.07 bits per heavy atom. The molecule has 0 saturated carbocycles. The van der Waals surface area contributed by atoms with Crippen LogP contribution in [-0.4, -0.2) is 88.7 Å². The molecule has 0 aliphatic carbocycles. The maximum atomic E-state index is 13.0. The number of ether oxygens (including phenoxy) is 3. The number of rotatable bonds is 11. The number of nitrogens with one attached hydrogen (secondary N) is 2. The molecule has 2 aromatic rings. The van der Waals surface area contributed by atoms with Crippen molar-refractivity contribution < 1.29 is 28.6 Å². The molecule has 0 bridgehead atoms. The van der Waals surface area contributed by atoms with Gasteiger partial charge < -0.3 is 29.7 Å². The first-order chi connectivity index (χ1) is 21.8. The van der Waals surface area contributed by atoms with E-state index in [-0.39, 0.29) is 23.9 Å². The number of anilines is 2. The van der Waals surface area contributed by atoms with Gasteiger partial charge >= 0.3 is 18.0 Å². The van der Waals surface area contributed by atoms with Gasteiger partial charge in [0.25, 0.3) is 0 Å². The van der Waals surface area contributed by atoms with E-state index in [2.05, 4.69) is 31.5 Å². The van der Waals surface area contributed by atoms with E-state index >= 15 is 0 Å². The number of piperazine rings is 1. The summed E-state index contributed by atoms with van der Waals surface area (Å²) in [5, 5.41) is 15.5. The van der Waals surface area contributed by atoms with Crippen molar-refractivity contribution in [1.82, 2.24) is 10.2 Å². The molecule has 45 heavy (non-hydrogen) atoms. The highest BCUT2D eigenvalue weighted by atomic mass is 16.5. The fourth-order valence-electron chi connectivity index (χ4n) is 5.76. The maximum Gasteiger partial charge on any atom is 0.337 e. The first-order valence-electron chi connectivity index (χ1n) is 15.0. The summed E-state index contributed by atoms with van der Waals surface area (Å²) >= 11 is 0. The summed E-state index contributed by atoms with van der Waals surface area (Å²) in [5.74, 6) is -2.30. The third-order valence-electron chi connectivity index (χ3n) is 7.93. The van der Waals surface area contributed by atoms with Gasteiger partial charge in [-0.15, -0.1) is 0 Å². The number of esters is 2. The van der Waals surface area contributed by atoms with Gasteiger partial charge in [-0.05, 0) is 56.6 Å². The van der Waals surface area contributed by atoms with Gasteiger partial charge in [0.2, 0.25) is 0 Å². The lowest BCUT2D eigenvalue weighted by atomic mass is 9.75. The van der Waals surface area contributed by atoms with E-state index in [1.807, 2.05) is 24.3 Å². The number of hydrogen-bond donors (Lipinski definition) is 2. The SMILES string of the molecule is CCOC(=O)C1=C(C#N)N=C(C)C(C(=O)OC)C1c1cccc(NC(=O)NCCCN2CCN(c3ccccc3OC)CC2)c1. The van der Waals surface area contributed by atoms with Gasteiger partial charge in [0, 0.05) is 50.0 Å². The Kier molecular flexibility index (Phi) is 11.5. The Hall–Kier alpha value is -4.89. The number of urea groups is 1. The third kappa shape index (κ3) is 7.99. The van der Waals surface area contributed by atoms with E-state index in [1.165, 1.54) is 7.11 Å². The minimum Gasteiger partial charge on any atom is -0.495 e. The average Bonchev–Trinajstić information content (AvgIpc) is 3.06. The molecule has 0 radical (unpaired) electrons. The predicted molar refractivity (Wildman–Crippen MR) is 170 cm³/mol. The summed E-state index contributed by atoms with van der Waals surface area (Å²) in [6.45, 7) is 8.34. The Balaban J connectivity index is 1.35. The normalized spacial score (nSPS) is 18.4. The molecule has 2 N–H and O–H groups in total. The number of amides is 2. The van der Waals surface area contributed by atoms with Crippen LogP contribution in [0.5, 0.6) is 5.75 Å². The minimum atomic E-state index is -0.952. The topological polar surface area (TPSA) is 146 Å². The molecular formula is C33H40N6O6. The molecule has 4 rings (SSSR count). The van der Waals surface area contributed by atoms with Crippen LogP contribution in [0, 0.1) is 17.2 Å². The average molecular weight is 617 g/mol. The molecular weight excluding hydrogens is 576 g/mol. The van der Waals surface area contributed by atoms with Crippen LogP contribution < -0.4 is 20.3 Å². The number of carbonyl (C=O) groups excluding carboxylic acids is 3. The number of nitrogens with zero attached hydrogens (tertiary/aromatic N) is 4. The fourth-order valence-corrected chi connectivity index (χ4v) is 5.76. The van der Waals surface area contributed by atoms with Crippen molar-refractivity contribution in [2.45, 2.75) is 26.2 Å². The van der Waals surface area contributed by atoms with E-state index < -0.39 is 23.8 Å². The van der Waals surface area contributed by atoms with Crippen LogP contribution in [0.2, 0.25) is 0 Å². The number of allylic oxidation sites excluding steroid dienone is 1. The lowest BCUT2D eigenvalue weighted by molar-refractivity contribution is -0.144. The quantitative estimate of drug-likeness (QED) is 0.285. The van der Waals surface area contributed by atoms with Gasteiger partial charge in [0.1, 0.15) is 17.7 Å². The molecule has 2 unspecified atom stereocenters. The second-order valence-corrected chi connectivity index (χ2v) is 10.7. The second kappa shape index (κ2) is 15.7. The molecule has 0 spiro atoms. The van der Waals surface area contributed by atoms with Gasteiger partial charge in [-0.2, -0.15) is 5.26 Å². The summed E-state index contributed by atoms with van der Waals surface area (Å²) in [7, 11) is 2.94. The zero-order valence-electron chi connectivity index (χ0n) is 26.2. The van der Waals surface area contributed by atoms with Crippen LogP contribution in [0.25, 0.3) is 0 Å². The number of hydrogen-bond acceptors (Lipinski definition) is 10. The zero-order valence-corrected chi connectivity index (χ0v) is 26.2. The Bertz CT molecular complexity index is 1490. The van der Waals surface area contributed by atoms with E-state index in [4.69, 9.17) is 14.2 Å². The van der Waals surface area contributed by atoms with E-state index in [0.717, 1.165) is 50.6 Å². The van der Waals surface area contributed by atoms with Crippen LogP contribution in [-0.2, 0) is 19.1 Å². The summed E-state index contributed by atoms with van der Waals surface area (Å²) in [6, 6.07) is 16.4. The molecule has 2 atom stereocenters. The van der Waals surface area contributed by atoms with Crippen molar-refractivity contribution in [3.05, 3.63) is 65.4 Å². The predicted octanol–water partition coefficient (Wildman–Crippen LogP) is 3.72. The van der Waals surface area contributed by atoms with Gasteiger partial charge in [-0.1, -0.05) is 24.3 Å². The standard InChI is InChI=1S/C33H40N6O6/c1-5-45-32(41)30-25(21-34)36-22(2)28(31(40)44-4)29(30)23-10-8-11-24(20-23)37-33(42)35-14-9-15-38-16-18-39(19-17-38)26-12-6-7-13-27(26)43-3/h6-8,10-13,20,28-29H,5,9,14-19H2,1-4H3,(H2,35,37,42). The number of methoxy groups -OCH3 is 2. The number of carbonyl (C=O) groups is 3. The van der Waals surface area contributed by atoms with Crippen LogP contribution in [0.3, 0.4) is 0 Å². The molecule has 2 aromatic carbocycles. The lowest BCUT2D eigenvalue weighted by Gasteiger charge is -2.36. The highest BCUT2D eigenvalue weighted by Crippen LogP contribution is 2.40. The molecule has 238 valence electrons. The van der Waals surface area contributed by atoms with Gasteiger partial charge in [0.05, 0.1) is 32.1 Å². The number of para-hydroxylation sites is 2. The van der Waals surface area contributed by atoms with Crippen LogP contribution in [0.15, 0.2) is 64.8 Å². The smallest absolute Gasteiger partial charge is 0.337 e. The van der Waals surface area contributed by atoms with E-state index in [9.17, 15) is 19.6 Å². The minimum absolute atomic E-state index is 0.0225. The van der Waals surface area contributed by atoms with E-state index in [1.54, 1.807) is 45.2 Å². The molecule has 2 aliphatic heterocycles. The Morgan fingerprint density at radius 2 is 1.82 bits per heavy atom. The molecule has 2 amide bonds. The monoisotopic (exact) mass is 616 g/mol. The molecule has 2 aliphatic rings. The van der Waals surface area contributed by atoms with Crippen molar-refractivity contribution >= 4 is 35.1 Å². The second-order valence-electron chi connectivity index (χ2n) is 10.7. The Morgan fingerprint density at radius 3 is 2.51 bits per heavy atom. The molecule has 12 nitrogen and oxygen atoms in total. The summed E-state index contributed by atoms with van der Waals surface area (Å²) < 4.78 is 15.8. The largest absolute Gasteiger partial charge is 0.495 e. The summed E-state index contributed by atoms with van der Waals surface area (Å²) in [4.78, 5) is 47.6. The van der Waals surface area contributed by atoms with Crippen molar-refractivity contribution in [2.75, 3.05) is 70.3 Å². The van der Waals surface area contributed by atoms with Gasteiger partial charge in [0.15, 0.2) is 5.70 Å². The third-order valence-corrected chi connectivity index (χ3v) is 7.93. The van der Waals surface area contributed by atoms with Gasteiger partial charge in [-0.25, -0.2) is 14.6 Å². The highest BCUT2D eigenvalue weighted by molar-refractivity contribution is 6.07. The molecule has 2 heterocycles. The molecule has 0 aromatic heterocycles. The van der Waals surface area contributed by atoms with Gasteiger partial charge in [-0.3, -0.25) is 9.69 Å². The molecule has 12 heteroatoms. The van der Waals surface area contributed by atoms with Crippen molar-refractivity contribution in [2.24, 2.45) is 10.9 Å². The fraction of sp³-hybridized carbons (Fsp3) is 0.424. The summed E-state index contributed by atoms with van der Waals surface area (Å²) in [6.07, 6.45) is 0.786. The van der Waals surface area contributed by atoms with Crippen molar-refractivity contribution in [1.29, 1.82) is 5.26 Å².